The molecule has 0 aromatic carbocycles. The van der Waals surface area contributed by atoms with E-state index in [0.717, 1.165) is 12.2 Å². The summed E-state index contributed by atoms with van der Waals surface area (Å²) in [5.74, 6) is 1.45. The molecule has 0 fully saturated rings. The van der Waals surface area contributed by atoms with Crippen molar-refractivity contribution in [1.82, 2.24) is 16.0 Å². The summed E-state index contributed by atoms with van der Waals surface area (Å²) in [5.41, 5.74) is 5.95. The Morgan fingerprint density at radius 1 is 1.55 bits per heavy atom. The van der Waals surface area contributed by atoms with Crippen molar-refractivity contribution in [3.8, 4) is 0 Å². The Morgan fingerprint density at radius 2 is 2.40 bits per heavy atom. The SMILES string of the molecule is CCC1(Cc2ccco2)C=NC2=C(N1)C(O)NC(N)N2. The molecule has 0 bridgehead atoms. The number of nitrogens with zero attached hydrogens (tertiary/aromatic N) is 1. The van der Waals surface area contributed by atoms with Crippen molar-refractivity contribution in [1.29, 1.82) is 0 Å². The molecule has 3 rings (SSSR count). The van der Waals surface area contributed by atoms with Crippen molar-refractivity contribution in [2.75, 3.05) is 0 Å². The van der Waals surface area contributed by atoms with E-state index in [1.807, 2.05) is 18.3 Å². The smallest absolute Gasteiger partial charge is 0.151 e. The third kappa shape index (κ3) is 2.31. The predicted octanol–water partition coefficient (Wildman–Crippen LogP) is -0.432. The van der Waals surface area contributed by atoms with E-state index < -0.39 is 12.5 Å². The molecule has 3 atom stereocenters. The van der Waals surface area contributed by atoms with E-state index >= 15 is 0 Å². The highest BCUT2D eigenvalue weighted by atomic mass is 16.3. The Kier molecular flexibility index (Phi) is 3.25. The van der Waals surface area contributed by atoms with Gasteiger partial charge in [0.1, 0.15) is 12.0 Å². The Hall–Kier alpha value is -1.83. The van der Waals surface area contributed by atoms with E-state index in [1.165, 1.54) is 0 Å². The van der Waals surface area contributed by atoms with Gasteiger partial charge in [0.15, 0.2) is 12.0 Å². The molecule has 7 heteroatoms. The van der Waals surface area contributed by atoms with Crippen LogP contribution in [0.15, 0.2) is 39.3 Å². The zero-order chi connectivity index (χ0) is 14.2. The fraction of sp³-hybridized carbons (Fsp3) is 0.462. The first kappa shape index (κ1) is 13.2. The quantitative estimate of drug-likeness (QED) is 0.513. The van der Waals surface area contributed by atoms with E-state index in [-0.39, 0.29) is 5.54 Å². The van der Waals surface area contributed by atoms with Gasteiger partial charge in [0.2, 0.25) is 0 Å². The number of aliphatic hydroxyl groups is 1. The van der Waals surface area contributed by atoms with E-state index in [2.05, 4.69) is 27.9 Å². The van der Waals surface area contributed by atoms with Gasteiger partial charge in [-0.15, -0.1) is 0 Å². The molecule has 1 aromatic heterocycles. The zero-order valence-corrected chi connectivity index (χ0v) is 11.3. The number of nitrogens with one attached hydrogen (secondary N) is 3. The van der Waals surface area contributed by atoms with Crippen LogP contribution in [0.2, 0.25) is 0 Å². The van der Waals surface area contributed by atoms with E-state index in [9.17, 15) is 5.11 Å². The fourth-order valence-corrected chi connectivity index (χ4v) is 2.49. The number of aliphatic hydroxyl groups excluding tert-OH is 1. The normalized spacial score (nSPS) is 32.5. The van der Waals surface area contributed by atoms with E-state index in [1.54, 1.807) is 6.26 Å². The topological polar surface area (TPSA) is 108 Å². The molecule has 2 aliphatic rings. The van der Waals surface area contributed by atoms with Crippen molar-refractivity contribution < 1.29 is 9.52 Å². The van der Waals surface area contributed by atoms with Gasteiger partial charge in [-0.1, -0.05) is 6.92 Å². The number of rotatable bonds is 3. The summed E-state index contributed by atoms with van der Waals surface area (Å²) in [5, 5.41) is 19.2. The fourth-order valence-electron chi connectivity index (χ4n) is 2.49. The Balaban J connectivity index is 1.85. The average molecular weight is 277 g/mol. The summed E-state index contributed by atoms with van der Waals surface area (Å²) in [6.45, 7) is 2.06. The number of hydrogen-bond donors (Lipinski definition) is 5. The van der Waals surface area contributed by atoms with Crippen LogP contribution in [0.3, 0.4) is 0 Å². The maximum atomic E-state index is 10.1. The monoisotopic (exact) mass is 277 g/mol. The Morgan fingerprint density at radius 3 is 3.10 bits per heavy atom. The predicted molar refractivity (Wildman–Crippen MR) is 74.3 cm³/mol. The molecule has 1 aromatic rings. The molecule has 0 aliphatic carbocycles. The van der Waals surface area contributed by atoms with Gasteiger partial charge in [-0.3, -0.25) is 11.1 Å². The molecule has 6 N–H and O–H groups in total. The van der Waals surface area contributed by atoms with Gasteiger partial charge in [-0.25, -0.2) is 4.99 Å². The molecular formula is C13H19N5O2. The van der Waals surface area contributed by atoms with Gasteiger partial charge in [0.05, 0.1) is 17.5 Å². The maximum absolute atomic E-state index is 10.1. The number of nitrogens with two attached hydrogens (primary N) is 1. The lowest BCUT2D eigenvalue weighted by atomic mass is 9.90. The van der Waals surface area contributed by atoms with Crippen molar-refractivity contribution >= 4 is 6.21 Å². The van der Waals surface area contributed by atoms with Gasteiger partial charge >= 0.3 is 0 Å². The molecule has 3 unspecified atom stereocenters. The summed E-state index contributed by atoms with van der Waals surface area (Å²) in [7, 11) is 0. The van der Waals surface area contributed by atoms with Crippen LogP contribution in [-0.2, 0) is 6.42 Å². The third-order valence-electron chi connectivity index (χ3n) is 3.68. The lowest BCUT2D eigenvalue weighted by Crippen LogP contribution is -2.63. The minimum atomic E-state index is -0.860. The minimum absolute atomic E-state index is 0.373. The molecule has 7 nitrogen and oxygen atoms in total. The lowest BCUT2D eigenvalue weighted by Gasteiger charge is -2.40. The summed E-state index contributed by atoms with van der Waals surface area (Å²) >= 11 is 0. The first-order chi connectivity index (χ1) is 9.62. The molecule has 3 heterocycles. The van der Waals surface area contributed by atoms with Gasteiger partial charge in [-0.05, 0) is 18.6 Å². The second-order valence-electron chi connectivity index (χ2n) is 5.10. The lowest BCUT2D eigenvalue weighted by molar-refractivity contribution is 0.122. The van der Waals surface area contributed by atoms with Crippen LogP contribution in [0.4, 0.5) is 0 Å². The second kappa shape index (κ2) is 4.93. The zero-order valence-electron chi connectivity index (χ0n) is 11.3. The first-order valence-electron chi connectivity index (χ1n) is 6.68. The standard InChI is InChI=1S/C13H19N5O2/c1-2-13(6-8-4-3-5-20-8)7-15-10-9(18-13)11(19)17-12(14)16-10/h3-5,7,11-12,16-19H,2,6,14H2,1H3. The van der Waals surface area contributed by atoms with Gasteiger partial charge in [0, 0.05) is 12.6 Å². The summed E-state index contributed by atoms with van der Waals surface area (Å²) < 4.78 is 5.41. The molecule has 0 radical (unpaired) electrons. The van der Waals surface area contributed by atoms with Crippen LogP contribution < -0.4 is 21.7 Å². The van der Waals surface area contributed by atoms with Crippen LogP contribution in [0.5, 0.6) is 0 Å². The van der Waals surface area contributed by atoms with Crippen molar-refractivity contribution in [3.63, 3.8) is 0 Å². The molecule has 0 saturated heterocycles. The molecule has 2 aliphatic heterocycles. The highest BCUT2D eigenvalue weighted by molar-refractivity contribution is 5.74. The Bertz CT molecular complexity index is 539. The summed E-state index contributed by atoms with van der Waals surface area (Å²) in [6.07, 6.45) is 3.61. The largest absolute Gasteiger partial charge is 0.469 e. The average Bonchev–Trinajstić information content (AvgIpc) is 2.92. The van der Waals surface area contributed by atoms with Crippen LogP contribution in [0.25, 0.3) is 0 Å². The third-order valence-corrected chi connectivity index (χ3v) is 3.68. The van der Waals surface area contributed by atoms with Gasteiger partial charge in [0.25, 0.3) is 0 Å². The van der Waals surface area contributed by atoms with Crippen molar-refractivity contribution in [3.05, 3.63) is 35.7 Å². The molecular weight excluding hydrogens is 258 g/mol. The van der Waals surface area contributed by atoms with Crippen LogP contribution in [-0.4, -0.2) is 29.4 Å². The minimum Gasteiger partial charge on any atom is -0.469 e. The maximum Gasteiger partial charge on any atom is 0.151 e. The van der Waals surface area contributed by atoms with Crippen molar-refractivity contribution in [2.24, 2.45) is 10.7 Å². The van der Waals surface area contributed by atoms with Crippen LogP contribution in [0.1, 0.15) is 19.1 Å². The summed E-state index contributed by atoms with van der Waals surface area (Å²) in [4.78, 5) is 4.42. The number of hydrogen-bond acceptors (Lipinski definition) is 7. The molecule has 0 spiro atoms. The van der Waals surface area contributed by atoms with Crippen molar-refractivity contribution in [2.45, 2.75) is 37.8 Å². The number of furan rings is 1. The number of aliphatic imine (C=N–C) groups is 1. The highest BCUT2D eigenvalue weighted by Gasteiger charge is 2.36. The van der Waals surface area contributed by atoms with E-state index in [4.69, 9.17) is 10.2 Å². The van der Waals surface area contributed by atoms with Gasteiger partial charge in [-0.2, -0.15) is 0 Å². The summed E-state index contributed by atoms with van der Waals surface area (Å²) in [6, 6.07) is 3.79. The highest BCUT2D eigenvalue weighted by Crippen LogP contribution is 2.24. The van der Waals surface area contributed by atoms with Gasteiger partial charge < -0.3 is 20.2 Å². The molecule has 20 heavy (non-hydrogen) atoms. The Labute approximate surface area is 116 Å². The van der Waals surface area contributed by atoms with Crippen LogP contribution >= 0.6 is 0 Å². The molecule has 108 valence electrons. The first-order valence-corrected chi connectivity index (χ1v) is 6.68. The molecule has 0 saturated carbocycles. The van der Waals surface area contributed by atoms with Crippen LogP contribution in [0, 0.1) is 0 Å². The van der Waals surface area contributed by atoms with E-state index in [0.29, 0.717) is 17.9 Å². The molecule has 0 amide bonds. The second-order valence-corrected chi connectivity index (χ2v) is 5.10.